The second kappa shape index (κ2) is 10.8. The van der Waals surface area contributed by atoms with Crippen molar-refractivity contribution in [3.05, 3.63) is 98.4 Å². The van der Waals surface area contributed by atoms with Crippen LogP contribution in [0.1, 0.15) is 24.1 Å². The Labute approximate surface area is 206 Å². The van der Waals surface area contributed by atoms with Crippen LogP contribution in [0.5, 0.6) is 0 Å². The molecule has 9 heteroatoms. The summed E-state index contributed by atoms with van der Waals surface area (Å²) in [7, 11) is -3.95. The van der Waals surface area contributed by atoms with Gasteiger partial charge >= 0.3 is 0 Å². The molecule has 3 rings (SSSR count). The normalized spacial score (nSPS) is 12.5. The first kappa shape index (κ1) is 24.7. The molecule has 0 aliphatic rings. The van der Waals surface area contributed by atoms with E-state index in [-0.39, 0.29) is 24.0 Å². The highest BCUT2D eigenvalue weighted by Crippen LogP contribution is 2.22. The first-order chi connectivity index (χ1) is 15.1. The van der Waals surface area contributed by atoms with Gasteiger partial charge in [0.2, 0.25) is 15.9 Å². The van der Waals surface area contributed by atoms with Gasteiger partial charge in [-0.05, 0) is 66.6 Å². The molecule has 1 atom stereocenters. The maximum atomic E-state index is 13.3. The fraction of sp³-hybridized carbons (Fsp3) is 0.174. The van der Waals surface area contributed by atoms with E-state index in [0.717, 1.165) is 14.3 Å². The van der Waals surface area contributed by atoms with Crippen molar-refractivity contribution in [2.24, 2.45) is 0 Å². The molecule has 1 N–H and O–H groups in total. The summed E-state index contributed by atoms with van der Waals surface area (Å²) < 4.78 is 28.7. The highest BCUT2D eigenvalue weighted by Gasteiger charge is 2.27. The van der Waals surface area contributed by atoms with Crippen LogP contribution in [-0.4, -0.2) is 25.2 Å². The van der Waals surface area contributed by atoms with Gasteiger partial charge in [0.25, 0.3) is 0 Å². The molecule has 0 heterocycles. The van der Waals surface area contributed by atoms with E-state index in [1.165, 1.54) is 24.3 Å². The molecule has 0 spiro atoms. The van der Waals surface area contributed by atoms with Crippen molar-refractivity contribution in [3.8, 4) is 0 Å². The first-order valence-corrected chi connectivity index (χ1v) is 12.7. The molecule has 0 aliphatic heterocycles. The third-order valence-corrected chi connectivity index (χ3v) is 7.57. The molecule has 168 valence electrons. The summed E-state index contributed by atoms with van der Waals surface area (Å²) in [6, 6.07) is 20.0. The molecule has 32 heavy (non-hydrogen) atoms. The van der Waals surface area contributed by atoms with Crippen molar-refractivity contribution in [2.75, 3.05) is 6.54 Å². The van der Waals surface area contributed by atoms with Crippen molar-refractivity contribution in [2.45, 2.75) is 24.4 Å². The summed E-state index contributed by atoms with van der Waals surface area (Å²) in [5.41, 5.74) is 1.61. The molecule has 0 saturated heterocycles. The molecule has 5 nitrogen and oxygen atoms in total. The number of nitrogens with zero attached hydrogens (tertiary/aromatic N) is 1. The lowest BCUT2D eigenvalue weighted by Gasteiger charge is -2.23. The van der Waals surface area contributed by atoms with Gasteiger partial charge in [-0.25, -0.2) is 8.42 Å². The monoisotopic (exact) mass is 554 g/mol. The zero-order valence-corrected chi connectivity index (χ0v) is 21.0. The molecule has 0 radical (unpaired) electrons. The summed E-state index contributed by atoms with van der Waals surface area (Å²) in [5.74, 6) is -0.413. The topological polar surface area (TPSA) is 66.5 Å². The van der Waals surface area contributed by atoms with E-state index in [2.05, 4.69) is 21.2 Å². The van der Waals surface area contributed by atoms with E-state index in [9.17, 15) is 13.2 Å². The average molecular weight is 556 g/mol. The summed E-state index contributed by atoms with van der Waals surface area (Å²) in [4.78, 5) is 12.9. The summed E-state index contributed by atoms with van der Waals surface area (Å²) in [6.07, 6.45) is 0. The Morgan fingerprint density at radius 2 is 1.59 bits per heavy atom. The van der Waals surface area contributed by atoms with E-state index >= 15 is 0 Å². The fourth-order valence-corrected chi connectivity index (χ4v) is 5.13. The lowest BCUT2D eigenvalue weighted by atomic mass is 10.1. The maximum absolute atomic E-state index is 13.3. The highest BCUT2D eigenvalue weighted by molar-refractivity contribution is 9.10. The molecular weight excluding hydrogens is 535 g/mol. The van der Waals surface area contributed by atoms with Gasteiger partial charge in [-0.15, -0.1) is 0 Å². The lowest BCUT2D eigenvalue weighted by Crippen LogP contribution is -2.41. The molecular formula is C23H21BrCl2N2O3S. The van der Waals surface area contributed by atoms with Crippen LogP contribution < -0.4 is 5.32 Å². The van der Waals surface area contributed by atoms with Gasteiger partial charge < -0.3 is 5.32 Å². The van der Waals surface area contributed by atoms with Crippen LogP contribution in [0.4, 0.5) is 0 Å². The predicted octanol–water partition coefficient (Wildman–Crippen LogP) is 5.82. The van der Waals surface area contributed by atoms with Crippen LogP contribution in [0.15, 0.2) is 82.2 Å². The Morgan fingerprint density at radius 3 is 2.19 bits per heavy atom. The smallest absolute Gasteiger partial charge is 0.243 e. The van der Waals surface area contributed by atoms with Crippen molar-refractivity contribution in [1.29, 1.82) is 0 Å². The molecule has 0 aliphatic carbocycles. The summed E-state index contributed by atoms with van der Waals surface area (Å²) >= 11 is 15.3. The zero-order chi connectivity index (χ0) is 23.3. The number of carbonyl (C=O) groups is 1. The number of halogens is 3. The number of sulfonamides is 1. The van der Waals surface area contributed by atoms with Crippen LogP contribution in [-0.2, 0) is 21.4 Å². The molecule has 1 amide bonds. The summed E-state index contributed by atoms with van der Waals surface area (Å²) in [6.45, 7) is 1.52. The van der Waals surface area contributed by atoms with Crippen LogP contribution >= 0.6 is 39.1 Å². The minimum absolute atomic E-state index is 0.0147. The van der Waals surface area contributed by atoms with Gasteiger partial charge in [-0.1, -0.05) is 63.4 Å². The fourth-order valence-electron chi connectivity index (χ4n) is 3.08. The largest absolute Gasteiger partial charge is 0.348 e. The van der Waals surface area contributed by atoms with Gasteiger partial charge in [0.15, 0.2) is 0 Å². The minimum Gasteiger partial charge on any atom is -0.348 e. The maximum Gasteiger partial charge on any atom is 0.243 e. The number of amides is 1. The Bertz CT molecular complexity index is 1190. The SMILES string of the molecule is C[C@@H](NC(=O)CN(Cc1ccc(Cl)cc1)S(=O)(=O)c1ccc(Cl)cc1)c1cccc(Br)c1. The number of hydrogen-bond acceptors (Lipinski definition) is 3. The molecule has 3 aromatic rings. The molecule has 0 unspecified atom stereocenters. The minimum atomic E-state index is -3.95. The van der Waals surface area contributed by atoms with Gasteiger partial charge in [-0.2, -0.15) is 4.31 Å². The van der Waals surface area contributed by atoms with Gasteiger partial charge in [-0.3, -0.25) is 4.79 Å². The van der Waals surface area contributed by atoms with E-state index in [1.54, 1.807) is 24.3 Å². The van der Waals surface area contributed by atoms with Crippen LogP contribution in [0.2, 0.25) is 10.0 Å². The Morgan fingerprint density at radius 1 is 1.00 bits per heavy atom. The number of benzene rings is 3. The number of carbonyl (C=O) groups excluding carboxylic acids is 1. The number of hydrogen-bond donors (Lipinski definition) is 1. The van der Waals surface area contributed by atoms with Gasteiger partial charge in [0.05, 0.1) is 17.5 Å². The van der Waals surface area contributed by atoms with Crippen molar-refractivity contribution in [1.82, 2.24) is 9.62 Å². The quantitative estimate of drug-likeness (QED) is 0.380. The van der Waals surface area contributed by atoms with E-state index < -0.39 is 15.9 Å². The van der Waals surface area contributed by atoms with Gasteiger partial charge in [0.1, 0.15) is 0 Å². The zero-order valence-electron chi connectivity index (χ0n) is 17.1. The lowest BCUT2D eigenvalue weighted by molar-refractivity contribution is -0.122. The molecule has 0 aromatic heterocycles. The molecule has 0 saturated carbocycles. The summed E-state index contributed by atoms with van der Waals surface area (Å²) in [5, 5.41) is 3.84. The van der Waals surface area contributed by atoms with E-state index in [1.807, 2.05) is 31.2 Å². The second-order valence-corrected chi connectivity index (χ2v) is 10.9. The van der Waals surface area contributed by atoms with Crippen molar-refractivity contribution in [3.63, 3.8) is 0 Å². The first-order valence-electron chi connectivity index (χ1n) is 9.70. The molecule has 0 bridgehead atoms. The van der Waals surface area contributed by atoms with Crippen LogP contribution in [0, 0.1) is 0 Å². The Kier molecular flexibility index (Phi) is 8.36. The van der Waals surface area contributed by atoms with E-state index in [4.69, 9.17) is 23.2 Å². The second-order valence-electron chi connectivity index (χ2n) is 7.20. The number of nitrogens with one attached hydrogen (secondary N) is 1. The van der Waals surface area contributed by atoms with Crippen LogP contribution in [0.3, 0.4) is 0 Å². The predicted molar refractivity (Wildman–Crippen MR) is 131 cm³/mol. The van der Waals surface area contributed by atoms with Crippen LogP contribution in [0.25, 0.3) is 0 Å². The molecule has 3 aromatic carbocycles. The Balaban J connectivity index is 1.83. The number of rotatable bonds is 8. The van der Waals surface area contributed by atoms with Crippen molar-refractivity contribution >= 4 is 55.1 Å². The molecule has 0 fully saturated rings. The Hall–Kier alpha value is -1.90. The average Bonchev–Trinajstić information content (AvgIpc) is 2.75. The highest BCUT2D eigenvalue weighted by atomic mass is 79.9. The third kappa shape index (κ3) is 6.56. The van der Waals surface area contributed by atoms with E-state index in [0.29, 0.717) is 15.6 Å². The van der Waals surface area contributed by atoms with Crippen molar-refractivity contribution < 1.29 is 13.2 Å². The standard InChI is InChI=1S/C23H21BrCl2N2O3S/c1-16(18-3-2-4-19(24)13-18)27-23(29)15-28(14-17-5-7-20(25)8-6-17)32(30,31)22-11-9-21(26)10-12-22/h2-13,16H,14-15H2,1H3,(H,27,29)/t16-/m1/s1. The van der Waals surface area contributed by atoms with Gasteiger partial charge in [0, 0.05) is 21.1 Å². The third-order valence-electron chi connectivity index (χ3n) is 4.77.